The monoisotopic (exact) mass is 554 g/mol. The number of hydrogen-bond acceptors (Lipinski definition) is 7. The third kappa shape index (κ3) is 6.76. The van der Waals surface area contributed by atoms with Crippen molar-refractivity contribution in [3.63, 3.8) is 0 Å². The maximum absolute atomic E-state index is 12.9. The standard InChI is InChI=1S/C26H27ClN6O2S2/c1-15(2)22(30-24(35)18-7-5-6-16(3)12-18)23-31-32-26(33(23)4)37-14-21(34)29-25-28-20(13-36-25)17-8-10-19(27)11-9-17/h5-13,15,22H,14H2,1-4H3,(H,30,35)(H,28,29,34)/t22-/m0/s1. The number of carbonyl (C=O) groups excluding carboxylic acids is 2. The summed E-state index contributed by atoms with van der Waals surface area (Å²) in [5.41, 5.74) is 3.31. The van der Waals surface area contributed by atoms with Crippen LogP contribution in [0.25, 0.3) is 11.3 Å². The van der Waals surface area contributed by atoms with E-state index >= 15 is 0 Å². The van der Waals surface area contributed by atoms with Gasteiger partial charge in [-0.05, 0) is 37.1 Å². The van der Waals surface area contributed by atoms with Crippen molar-refractivity contribution in [1.29, 1.82) is 0 Å². The number of aromatic nitrogens is 4. The Bertz CT molecular complexity index is 1400. The van der Waals surface area contributed by atoms with Crippen LogP contribution in [0.1, 0.15) is 41.6 Å². The summed E-state index contributed by atoms with van der Waals surface area (Å²) in [6, 6.07) is 14.5. The van der Waals surface area contributed by atoms with Gasteiger partial charge in [0.25, 0.3) is 5.91 Å². The first-order chi connectivity index (χ1) is 17.7. The molecule has 0 aliphatic heterocycles. The molecule has 4 aromatic rings. The lowest BCUT2D eigenvalue weighted by Crippen LogP contribution is -2.33. The zero-order valence-electron chi connectivity index (χ0n) is 20.9. The predicted octanol–water partition coefficient (Wildman–Crippen LogP) is 5.76. The molecular formula is C26H27ClN6O2S2. The smallest absolute Gasteiger partial charge is 0.251 e. The van der Waals surface area contributed by atoms with Crippen LogP contribution in [-0.4, -0.2) is 37.3 Å². The Morgan fingerprint density at radius 3 is 2.59 bits per heavy atom. The van der Waals surface area contributed by atoms with E-state index in [1.807, 2.05) is 68.1 Å². The number of nitrogens with one attached hydrogen (secondary N) is 2. The first-order valence-electron chi connectivity index (χ1n) is 11.6. The lowest BCUT2D eigenvalue weighted by Gasteiger charge is -2.21. The van der Waals surface area contributed by atoms with E-state index in [4.69, 9.17) is 11.6 Å². The first kappa shape index (κ1) is 26.8. The van der Waals surface area contributed by atoms with Crippen LogP contribution in [0.2, 0.25) is 5.02 Å². The second-order valence-corrected chi connectivity index (χ2v) is 11.1. The molecule has 0 fully saturated rings. The van der Waals surface area contributed by atoms with Gasteiger partial charge >= 0.3 is 0 Å². The average molecular weight is 555 g/mol. The van der Waals surface area contributed by atoms with Crippen LogP contribution in [0, 0.1) is 12.8 Å². The molecule has 37 heavy (non-hydrogen) atoms. The quantitative estimate of drug-likeness (QED) is 0.255. The molecule has 0 saturated heterocycles. The molecule has 4 rings (SSSR count). The van der Waals surface area contributed by atoms with Gasteiger partial charge in [-0.2, -0.15) is 0 Å². The largest absolute Gasteiger partial charge is 0.342 e. The van der Waals surface area contributed by atoms with Gasteiger partial charge in [-0.15, -0.1) is 21.5 Å². The average Bonchev–Trinajstić information content (AvgIpc) is 3.48. The van der Waals surface area contributed by atoms with E-state index in [1.165, 1.54) is 23.1 Å². The molecular weight excluding hydrogens is 528 g/mol. The van der Waals surface area contributed by atoms with Crippen LogP contribution in [0.4, 0.5) is 5.13 Å². The molecule has 0 bridgehead atoms. The van der Waals surface area contributed by atoms with Gasteiger partial charge in [-0.1, -0.05) is 67.0 Å². The SMILES string of the molecule is Cc1cccc(C(=O)N[C@H](c2nnc(SCC(=O)Nc3nc(-c4ccc(Cl)cc4)cs3)n2C)C(C)C)c1. The van der Waals surface area contributed by atoms with Crippen molar-refractivity contribution in [2.24, 2.45) is 13.0 Å². The fourth-order valence-corrected chi connectivity index (χ4v) is 5.21. The van der Waals surface area contributed by atoms with Gasteiger partial charge in [0.15, 0.2) is 16.1 Å². The lowest BCUT2D eigenvalue weighted by molar-refractivity contribution is -0.113. The van der Waals surface area contributed by atoms with Crippen LogP contribution >= 0.6 is 34.7 Å². The van der Waals surface area contributed by atoms with Crippen molar-refractivity contribution in [1.82, 2.24) is 25.1 Å². The molecule has 0 radical (unpaired) electrons. The number of thiazole rings is 1. The lowest BCUT2D eigenvalue weighted by atomic mass is 10.0. The molecule has 0 aliphatic rings. The number of nitrogens with zero attached hydrogens (tertiary/aromatic N) is 4. The van der Waals surface area contributed by atoms with Crippen molar-refractivity contribution in [2.45, 2.75) is 32.0 Å². The molecule has 1 atom stereocenters. The van der Waals surface area contributed by atoms with Crippen LogP contribution < -0.4 is 10.6 Å². The van der Waals surface area contributed by atoms with E-state index in [0.29, 0.717) is 26.7 Å². The Hall–Kier alpha value is -3.21. The van der Waals surface area contributed by atoms with Gasteiger partial charge in [0.1, 0.15) is 0 Å². The molecule has 0 unspecified atom stereocenters. The van der Waals surface area contributed by atoms with Crippen molar-refractivity contribution in [3.8, 4) is 11.3 Å². The summed E-state index contributed by atoms with van der Waals surface area (Å²) < 4.78 is 1.82. The number of thioether (sulfide) groups is 1. The van der Waals surface area contributed by atoms with Crippen LogP contribution in [0.3, 0.4) is 0 Å². The number of anilines is 1. The van der Waals surface area contributed by atoms with Crippen LogP contribution in [0.5, 0.6) is 0 Å². The van der Waals surface area contributed by atoms with E-state index in [2.05, 4.69) is 25.8 Å². The van der Waals surface area contributed by atoms with Crippen LogP contribution in [0.15, 0.2) is 59.1 Å². The summed E-state index contributed by atoms with van der Waals surface area (Å²) in [5.74, 6) is 0.494. The molecule has 0 saturated carbocycles. The number of halogens is 1. The highest BCUT2D eigenvalue weighted by atomic mass is 35.5. The summed E-state index contributed by atoms with van der Waals surface area (Å²) >= 11 is 8.58. The van der Waals surface area contributed by atoms with Gasteiger partial charge in [0.05, 0.1) is 17.5 Å². The highest BCUT2D eigenvalue weighted by Gasteiger charge is 2.25. The number of aryl methyl sites for hydroxylation is 1. The molecule has 2 heterocycles. The Balaban J connectivity index is 1.37. The second-order valence-electron chi connectivity index (χ2n) is 8.85. The van der Waals surface area contributed by atoms with Gasteiger partial charge in [-0.3, -0.25) is 9.59 Å². The Kier molecular flexibility index (Phi) is 8.63. The Morgan fingerprint density at radius 2 is 1.89 bits per heavy atom. The number of hydrogen-bond donors (Lipinski definition) is 2. The van der Waals surface area contributed by atoms with Gasteiger partial charge in [-0.25, -0.2) is 4.98 Å². The molecule has 8 nitrogen and oxygen atoms in total. The molecule has 2 aromatic heterocycles. The van der Waals surface area contributed by atoms with Gasteiger partial charge in [0, 0.05) is 28.6 Å². The maximum Gasteiger partial charge on any atom is 0.251 e. The second kappa shape index (κ2) is 11.9. The van der Waals surface area contributed by atoms with Crippen molar-refractivity contribution in [3.05, 3.63) is 75.9 Å². The zero-order chi connectivity index (χ0) is 26.5. The Morgan fingerprint density at radius 1 is 1.14 bits per heavy atom. The normalized spacial score (nSPS) is 11.9. The Labute approximate surface area is 228 Å². The summed E-state index contributed by atoms with van der Waals surface area (Å²) in [6.45, 7) is 5.98. The maximum atomic E-state index is 12.9. The molecule has 2 aromatic carbocycles. The molecule has 2 N–H and O–H groups in total. The van der Waals surface area contributed by atoms with Gasteiger partial charge < -0.3 is 15.2 Å². The third-order valence-corrected chi connectivity index (χ3v) is 7.63. The number of amides is 2. The molecule has 2 amide bonds. The molecule has 0 aliphatic carbocycles. The van der Waals surface area contributed by atoms with Gasteiger partial charge in [0.2, 0.25) is 5.91 Å². The summed E-state index contributed by atoms with van der Waals surface area (Å²) in [4.78, 5) is 29.9. The third-order valence-electron chi connectivity index (χ3n) is 5.60. The van der Waals surface area contributed by atoms with Crippen molar-refractivity contribution >= 4 is 51.6 Å². The number of carbonyl (C=O) groups is 2. The minimum absolute atomic E-state index is 0.0811. The van der Waals surface area contributed by atoms with Crippen LogP contribution in [-0.2, 0) is 11.8 Å². The fraction of sp³-hybridized carbons (Fsp3) is 0.269. The summed E-state index contributed by atoms with van der Waals surface area (Å²) in [6.07, 6.45) is 0. The number of benzene rings is 2. The van der Waals surface area contributed by atoms with E-state index < -0.39 is 0 Å². The first-order valence-corrected chi connectivity index (χ1v) is 13.9. The van der Waals surface area contributed by atoms with Crippen molar-refractivity contribution in [2.75, 3.05) is 11.1 Å². The van der Waals surface area contributed by atoms with Crippen molar-refractivity contribution < 1.29 is 9.59 Å². The van der Waals surface area contributed by atoms with E-state index in [-0.39, 0.29) is 29.5 Å². The number of rotatable bonds is 9. The van der Waals surface area contributed by atoms with E-state index in [0.717, 1.165) is 16.8 Å². The summed E-state index contributed by atoms with van der Waals surface area (Å²) in [5, 5.41) is 18.2. The topological polar surface area (TPSA) is 102 Å². The fourth-order valence-electron chi connectivity index (χ4n) is 3.63. The zero-order valence-corrected chi connectivity index (χ0v) is 23.2. The summed E-state index contributed by atoms with van der Waals surface area (Å²) in [7, 11) is 1.84. The molecule has 11 heteroatoms. The van der Waals surface area contributed by atoms with E-state index in [1.54, 1.807) is 18.2 Å². The highest BCUT2D eigenvalue weighted by Crippen LogP contribution is 2.27. The minimum Gasteiger partial charge on any atom is -0.342 e. The minimum atomic E-state index is -0.338. The highest BCUT2D eigenvalue weighted by molar-refractivity contribution is 7.99. The predicted molar refractivity (Wildman–Crippen MR) is 149 cm³/mol. The molecule has 0 spiro atoms. The molecule has 192 valence electrons. The van der Waals surface area contributed by atoms with E-state index in [9.17, 15) is 9.59 Å².